The number of nitrogens with one attached hydrogen (secondary N) is 1. The highest BCUT2D eigenvalue weighted by molar-refractivity contribution is 5.79. The van der Waals surface area contributed by atoms with Crippen LogP contribution in [0, 0.1) is 5.82 Å². The van der Waals surface area contributed by atoms with Gasteiger partial charge in [-0.2, -0.15) is 0 Å². The number of hydrogen-bond acceptors (Lipinski definition) is 4. The molecule has 0 aliphatic rings. The van der Waals surface area contributed by atoms with Crippen molar-refractivity contribution < 1.29 is 19.0 Å². The van der Waals surface area contributed by atoms with E-state index in [0.29, 0.717) is 30.4 Å². The lowest BCUT2D eigenvalue weighted by molar-refractivity contribution is 0.385. The Bertz CT molecular complexity index is 796. The molecule has 0 saturated carbocycles. The van der Waals surface area contributed by atoms with Crippen molar-refractivity contribution in [1.82, 2.24) is 10.2 Å². The molecule has 2 N–H and O–H groups in total. The zero-order valence-electron chi connectivity index (χ0n) is 16.1. The van der Waals surface area contributed by atoms with Crippen molar-refractivity contribution in [3.63, 3.8) is 0 Å². The molecule has 0 atom stereocenters. The standard InChI is InChI=1S/C20H26FN3O3/c1-5-22-20(23-12-15-11-16(26-3)7-8-18(15)25)24(2)13-14-6-9-19(27-4)17(21)10-14/h6-11,25H,5,12-13H2,1-4H3,(H,22,23). The molecule has 0 aliphatic carbocycles. The summed E-state index contributed by atoms with van der Waals surface area (Å²) in [6, 6.07) is 9.90. The van der Waals surface area contributed by atoms with Gasteiger partial charge in [-0.05, 0) is 42.8 Å². The van der Waals surface area contributed by atoms with E-state index in [0.717, 1.165) is 5.56 Å². The number of rotatable bonds is 7. The number of phenolic OH excluding ortho intramolecular Hbond substituents is 1. The van der Waals surface area contributed by atoms with Crippen molar-refractivity contribution in [3.8, 4) is 17.2 Å². The van der Waals surface area contributed by atoms with Crippen LogP contribution in [0.15, 0.2) is 41.4 Å². The quantitative estimate of drug-likeness (QED) is 0.575. The van der Waals surface area contributed by atoms with Crippen molar-refractivity contribution >= 4 is 5.96 Å². The number of nitrogens with zero attached hydrogens (tertiary/aromatic N) is 2. The van der Waals surface area contributed by atoms with Gasteiger partial charge in [-0.15, -0.1) is 0 Å². The normalized spacial score (nSPS) is 11.2. The lowest BCUT2D eigenvalue weighted by Gasteiger charge is -2.22. The van der Waals surface area contributed by atoms with E-state index in [1.165, 1.54) is 13.2 Å². The number of aliphatic imine (C=N–C) groups is 1. The third-order valence-electron chi connectivity index (χ3n) is 4.02. The predicted octanol–water partition coefficient (Wildman–Crippen LogP) is 3.15. The third-order valence-corrected chi connectivity index (χ3v) is 4.02. The second kappa shape index (κ2) is 9.66. The summed E-state index contributed by atoms with van der Waals surface area (Å²) in [5.74, 6) is 1.29. The molecule has 6 nitrogen and oxygen atoms in total. The molecule has 0 unspecified atom stereocenters. The Morgan fingerprint density at radius 2 is 1.96 bits per heavy atom. The molecule has 0 aliphatic heterocycles. The monoisotopic (exact) mass is 375 g/mol. The van der Waals surface area contributed by atoms with Gasteiger partial charge < -0.3 is 24.8 Å². The molecular weight excluding hydrogens is 349 g/mol. The zero-order valence-corrected chi connectivity index (χ0v) is 16.1. The maximum absolute atomic E-state index is 13.9. The molecular formula is C20H26FN3O3. The van der Waals surface area contributed by atoms with E-state index in [4.69, 9.17) is 9.47 Å². The third kappa shape index (κ3) is 5.51. The molecule has 2 aromatic carbocycles. The topological polar surface area (TPSA) is 66.3 Å². The van der Waals surface area contributed by atoms with Gasteiger partial charge in [-0.25, -0.2) is 9.38 Å². The molecule has 2 aromatic rings. The maximum atomic E-state index is 13.9. The predicted molar refractivity (Wildman–Crippen MR) is 104 cm³/mol. The molecule has 0 radical (unpaired) electrons. The van der Waals surface area contributed by atoms with E-state index in [1.54, 1.807) is 31.4 Å². The number of methoxy groups -OCH3 is 2. The first-order valence-electron chi connectivity index (χ1n) is 8.66. The van der Waals surface area contributed by atoms with Crippen LogP contribution in [0.4, 0.5) is 4.39 Å². The van der Waals surface area contributed by atoms with Gasteiger partial charge in [0.05, 0.1) is 20.8 Å². The molecule has 7 heteroatoms. The molecule has 0 amide bonds. The smallest absolute Gasteiger partial charge is 0.194 e. The largest absolute Gasteiger partial charge is 0.508 e. The summed E-state index contributed by atoms with van der Waals surface area (Å²) >= 11 is 0. The second-order valence-electron chi connectivity index (χ2n) is 5.99. The lowest BCUT2D eigenvalue weighted by Crippen LogP contribution is -2.38. The van der Waals surface area contributed by atoms with Crippen LogP contribution in [0.5, 0.6) is 17.2 Å². The fraction of sp³-hybridized carbons (Fsp3) is 0.350. The molecule has 27 heavy (non-hydrogen) atoms. The van der Waals surface area contributed by atoms with Gasteiger partial charge in [0.25, 0.3) is 0 Å². The minimum Gasteiger partial charge on any atom is -0.508 e. The summed E-state index contributed by atoms with van der Waals surface area (Å²) in [6.45, 7) is 3.41. The van der Waals surface area contributed by atoms with Crippen LogP contribution < -0.4 is 14.8 Å². The molecule has 2 rings (SSSR count). The Kier molecular flexibility index (Phi) is 7.28. The van der Waals surface area contributed by atoms with Gasteiger partial charge in [-0.3, -0.25) is 0 Å². The molecule has 0 heterocycles. The van der Waals surface area contributed by atoms with Gasteiger partial charge in [0.2, 0.25) is 0 Å². The Morgan fingerprint density at radius 1 is 1.19 bits per heavy atom. The number of hydrogen-bond donors (Lipinski definition) is 2. The molecule has 0 saturated heterocycles. The van der Waals surface area contributed by atoms with Crippen LogP contribution in [0.2, 0.25) is 0 Å². The minimum atomic E-state index is -0.397. The average Bonchev–Trinajstić information content (AvgIpc) is 2.66. The van der Waals surface area contributed by atoms with Crippen molar-refractivity contribution in [2.75, 3.05) is 27.8 Å². The Labute approximate surface area is 159 Å². The van der Waals surface area contributed by atoms with Gasteiger partial charge in [0.1, 0.15) is 11.5 Å². The van der Waals surface area contributed by atoms with Crippen LogP contribution in [0.3, 0.4) is 0 Å². The molecule has 0 fully saturated rings. The Hall–Kier alpha value is -2.96. The van der Waals surface area contributed by atoms with Crippen LogP contribution in [-0.4, -0.2) is 43.8 Å². The van der Waals surface area contributed by atoms with Gasteiger partial charge >= 0.3 is 0 Å². The highest BCUT2D eigenvalue weighted by atomic mass is 19.1. The van der Waals surface area contributed by atoms with E-state index < -0.39 is 5.82 Å². The number of phenols is 1. The van der Waals surface area contributed by atoms with Crippen molar-refractivity contribution in [2.24, 2.45) is 4.99 Å². The second-order valence-corrected chi connectivity index (χ2v) is 5.99. The van der Waals surface area contributed by atoms with E-state index in [2.05, 4.69) is 10.3 Å². The minimum absolute atomic E-state index is 0.162. The first-order chi connectivity index (χ1) is 13.0. The van der Waals surface area contributed by atoms with E-state index >= 15 is 0 Å². The summed E-state index contributed by atoms with van der Waals surface area (Å²) in [5.41, 5.74) is 1.46. The fourth-order valence-electron chi connectivity index (χ4n) is 2.60. The summed E-state index contributed by atoms with van der Waals surface area (Å²) in [7, 11) is 4.88. The van der Waals surface area contributed by atoms with Crippen LogP contribution >= 0.6 is 0 Å². The summed E-state index contributed by atoms with van der Waals surface area (Å²) < 4.78 is 24.0. The van der Waals surface area contributed by atoms with E-state index in [9.17, 15) is 9.50 Å². The number of guanidine groups is 1. The summed E-state index contributed by atoms with van der Waals surface area (Å²) in [4.78, 5) is 6.46. The van der Waals surface area contributed by atoms with Crippen molar-refractivity contribution in [2.45, 2.75) is 20.0 Å². The number of halogens is 1. The Balaban J connectivity index is 2.15. The zero-order chi connectivity index (χ0) is 19.8. The first-order valence-corrected chi connectivity index (χ1v) is 8.66. The molecule has 146 valence electrons. The number of ether oxygens (including phenoxy) is 2. The van der Waals surface area contributed by atoms with Gasteiger partial charge in [0.15, 0.2) is 17.5 Å². The lowest BCUT2D eigenvalue weighted by atomic mass is 10.2. The van der Waals surface area contributed by atoms with Crippen LogP contribution in [0.1, 0.15) is 18.1 Å². The molecule has 0 aromatic heterocycles. The van der Waals surface area contributed by atoms with Gasteiger partial charge in [0, 0.05) is 25.7 Å². The van der Waals surface area contributed by atoms with Crippen LogP contribution in [0.25, 0.3) is 0 Å². The average molecular weight is 375 g/mol. The summed E-state index contributed by atoms with van der Waals surface area (Å²) in [6.07, 6.45) is 0. The van der Waals surface area contributed by atoms with E-state index in [1.807, 2.05) is 24.9 Å². The van der Waals surface area contributed by atoms with Crippen molar-refractivity contribution in [1.29, 1.82) is 0 Å². The number of benzene rings is 2. The molecule has 0 bridgehead atoms. The van der Waals surface area contributed by atoms with Gasteiger partial charge in [-0.1, -0.05) is 6.07 Å². The molecule has 0 spiro atoms. The van der Waals surface area contributed by atoms with Crippen LogP contribution in [-0.2, 0) is 13.1 Å². The first kappa shape index (κ1) is 20.4. The van der Waals surface area contributed by atoms with Crippen molar-refractivity contribution in [3.05, 3.63) is 53.3 Å². The fourth-order valence-corrected chi connectivity index (χ4v) is 2.60. The Morgan fingerprint density at radius 3 is 2.59 bits per heavy atom. The maximum Gasteiger partial charge on any atom is 0.194 e. The summed E-state index contributed by atoms with van der Waals surface area (Å²) in [5, 5.41) is 13.2. The highest BCUT2D eigenvalue weighted by Crippen LogP contribution is 2.23. The van der Waals surface area contributed by atoms with E-state index in [-0.39, 0.29) is 18.0 Å². The SMILES string of the molecule is CCNC(=NCc1cc(OC)ccc1O)N(C)Cc1ccc(OC)c(F)c1. The number of aromatic hydroxyl groups is 1. The highest BCUT2D eigenvalue weighted by Gasteiger charge is 2.10.